The third kappa shape index (κ3) is 2.03. The minimum atomic E-state index is -0.778. The Morgan fingerprint density at radius 2 is 2.00 bits per heavy atom. The zero-order chi connectivity index (χ0) is 13.2. The number of carbonyl (C=O) groups is 1. The van der Waals surface area contributed by atoms with Gasteiger partial charge in [0.05, 0.1) is 6.61 Å². The van der Waals surface area contributed by atoms with Crippen LogP contribution in [0.25, 0.3) is 0 Å². The normalized spacial score (nSPS) is 24.8. The first kappa shape index (κ1) is 12.4. The van der Waals surface area contributed by atoms with Crippen LogP contribution in [-0.2, 0) is 10.3 Å². The molecule has 0 aliphatic carbocycles. The highest BCUT2D eigenvalue weighted by Crippen LogP contribution is 2.26. The number of aliphatic imine (C=N–C) groups is 1. The van der Waals surface area contributed by atoms with Crippen LogP contribution in [0.2, 0.25) is 0 Å². The van der Waals surface area contributed by atoms with Crippen LogP contribution in [0.15, 0.2) is 29.3 Å². The summed E-state index contributed by atoms with van der Waals surface area (Å²) in [6.45, 7) is 4.39. The summed E-state index contributed by atoms with van der Waals surface area (Å²) < 4.78 is 5.38. The number of ether oxygens (including phenoxy) is 1. The highest BCUT2D eigenvalue weighted by Gasteiger charge is 2.42. The van der Waals surface area contributed by atoms with E-state index in [1.54, 1.807) is 7.05 Å². The number of rotatable bonds is 3. The molecular formula is C13H17N3O2. The van der Waals surface area contributed by atoms with Crippen molar-refractivity contribution in [3.63, 3.8) is 0 Å². The predicted octanol–water partition coefficient (Wildman–Crippen LogP) is 1.01. The van der Waals surface area contributed by atoms with E-state index >= 15 is 0 Å². The van der Waals surface area contributed by atoms with E-state index in [2.05, 4.69) is 15.6 Å². The van der Waals surface area contributed by atoms with E-state index in [4.69, 9.17) is 4.74 Å². The quantitative estimate of drug-likeness (QED) is 0.837. The van der Waals surface area contributed by atoms with Gasteiger partial charge in [-0.25, -0.2) is 0 Å². The summed E-state index contributed by atoms with van der Waals surface area (Å²) in [6.07, 6.45) is 0. The smallest absolute Gasteiger partial charge is 0.256 e. The average molecular weight is 247 g/mol. The molecule has 1 heterocycles. The Kier molecular flexibility index (Phi) is 3.23. The predicted molar refractivity (Wildman–Crippen MR) is 69.6 cm³/mol. The number of guanidine groups is 1. The molecule has 18 heavy (non-hydrogen) atoms. The van der Waals surface area contributed by atoms with Crippen molar-refractivity contribution in [2.75, 3.05) is 13.7 Å². The van der Waals surface area contributed by atoms with Crippen molar-refractivity contribution in [1.29, 1.82) is 0 Å². The molecule has 0 radical (unpaired) electrons. The standard InChI is InChI=1S/C13H17N3O2/c1-4-18-10-7-5-9(6-8-10)13(2)11(17)15-12(14-3)16-13/h5-8H,4H2,1-3H3,(H2,14,15,16,17). The zero-order valence-electron chi connectivity index (χ0n) is 10.8. The van der Waals surface area contributed by atoms with E-state index in [0.29, 0.717) is 12.6 Å². The maximum absolute atomic E-state index is 12.0. The number of hydrogen-bond acceptors (Lipinski definition) is 3. The summed E-state index contributed by atoms with van der Waals surface area (Å²) in [6, 6.07) is 7.49. The molecule has 2 rings (SSSR count). The number of hydrogen-bond donors (Lipinski definition) is 2. The van der Waals surface area contributed by atoms with Gasteiger partial charge in [0.2, 0.25) is 0 Å². The molecule has 0 aromatic heterocycles. The second-order valence-corrected chi connectivity index (χ2v) is 4.23. The summed E-state index contributed by atoms with van der Waals surface area (Å²) in [5, 5.41) is 5.78. The van der Waals surface area contributed by atoms with E-state index < -0.39 is 5.54 Å². The summed E-state index contributed by atoms with van der Waals surface area (Å²) in [5.41, 5.74) is 0.0988. The fourth-order valence-corrected chi connectivity index (χ4v) is 1.92. The Morgan fingerprint density at radius 1 is 1.33 bits per heavy atom. The Balaban J connectivity index is 2.28. The monoisotopic (exact) mass is 247 g/mol. The topological polar surface area (TPSA) is 62.7 Å². The first-order valence-corrected chi connectivity index (χ1v) is 5.90. The molecule has 1 saturated heterocycles. The first-order chi connectivity index (χ1) is 8.60. The van der Waals surface area contributed by atoms with Gasteiger partial charge < -0.3 is 10.1 Å². The van der Waals surface area contributed by atoms with Crippen LogP contribution in [-0.4, -0.2) is 25.5 Å². The Bertz CT molecular complexity index is 482. The molecule has 1 aliphatic heterocycles. The molecule has 1 aromatic carbocycles. The molecule has 2 N–H and O–H groups in total. The van der Waals surface area contributed by atoms with Crippen LogP contribution in [0.3, 0.4) is 0 Å². The van der Waals surface area contributed by atoms with Crippen molar-refractivity contribution in [2.24, 2.45) is 4.99 Å². The number of nitrogens with one attached hydrogen (secondary N) is 2. The minimum absolute atomic E-state index is 0.104. The van der Waals surface area contributed by atoms with Crippen LogP contribution >= 0.6 is 0 Å². The summed E-state index contributed by atoms with van der Waals surface area (Å²) >= 11 is 0. The number of amides is 1. The highest BCUT2D eigenvalue weighted by molar-refractivity contribution is 6.09. The van der Waals surface area contributed by atoms with Crippen LogP contribution in [0, 0.1) is 0 Å². The zero-order valence-corrected chi connectivity index (χ0v) is 10.8. The third-order valence-electron chi connectivity index (χ3n) is 3.02. The lowest BCUT2D eigenvalue weighted by atomic mass is 9.92. The first-order valence-electron chi connectivity index (χ1n) is 5.90. The maximum Gasteiger partial charge on any atom is 0.256 e. The lowest BCUT2D eigenvalue weighted by Crippen LogP contribution is -2.40. The molecule has 1 fully saturated rings. The fourth-order valence-electron chi connectivity index (χ4n) is 1.92. The van der Waals surface area contributed by atoms with Gasteiger partial charge in [-0.3, -0.25) is 15.1 Å². The SMILES string of the molecule is CCOc1ccc(C2(C)NC(=NC)NC2=O)cc1. The second-order valence-electron chi connectivity index (χ2n) is 4.23. The van der Waals surface area contributed by atoms with E-state index in [0.717, 1.165) is 11.3 Å². The molecule has 0 bridgehead atoms. The van der Waals surface area contributed by atoms with Crippen molar-refractivity contribution >= 4 is 11.9 Å². The Hall–Kier alpha value is -2.04. The van der Waals surface area contributed by atoms with Gasteiger partial charge in [-0.1, -0.05) is 12.1 Å². The van der Waals surface area contributed by atoms with Crippen LogP contribution in [0.5, 0.6) is 5.75 Å². The largest absolute Gasteiger partial charge is 0.494 e. The molecule has 5 nitrogen and oxygen atoms in total. The number of nitrogens with zero attached hydrogens (tertiary/aromatic N) is 1. The summed E-state index contributed by atoms with van der Waals surface area (Å²) in [4.78, 5) is 15.9. The number of benzene rings is 1. The molecule has 1 amide bonds. The molecule has 1 unspecified atom stereocenters. The highest BCUT2D eigenvalue weighted by atomic mass is 16.5. The van der Waals surface area contributed by atoms with Crippen molar-refractivity contribution in [2.45, 2.75) is 19.4 Å². The lowest BCUT2D eigenvalue weighted by molar-refractivity contribution is -0.123. The van der Waals surface area contributed by atoms with E-state index in [1.165, 1.54) is 0 Å². The molecular weight excluding hydrogens is 230 g/mol. The molecule has 0 saturated carbocycles. The summed E-state index contributed by atoms with van der Waals surface area (Å²) in [7, 11) is 1.63. The van der Waals surface area contributed by atoms with Gasteiger partial charge in [0.15, 0.2) is 5.96 Å². The van der Waals surface area contributed by atoms with Crippen molar-refractivity contribution in [3.05, 3.63) is 29.8 Å². The molecule has 5 heteroatoms. The fraction of sp³-hybridized carbons (Fsp3) is 0.385. The van der Waals surface area contributed by atoms with Gasteiger partial charge in [-0.15, -0.1) is 0 Å². The maximum atomic E-state index is 12.0. The Labute approximate surface area is 106 Å². The van der Waals surface area contributed by atoms with Crippen LogP contribution in [0.4, 0.5) is 0 Å². The van der Waals surface area contributed by atoms with Crippen molar-refractivity contribution < 1.29 is 9.53 Å². The van der Waals surface area contributed by atoms with Crippen molar-refractivity contribution in [3.8, 4) is 5.75 Å². The number of carbonyl (C=O) groups excluding carboxylic acids is 1. The van der Waals surface area contributed by atoms with Crippen LogP contribution < -0.4 is 15.4 Å². The minimum Gasteiger partial charge on any atom is -0.494 e. The van der Waals surface area contributed by atoms with E-state index in [-0.39, 0.29) is 5.91 Å². The van der Waals surface area contributed by atoms with Crippen LogP contribution in [0.1, 0.15) is 19.4 Å². The average Bonchev–Trinajstić information content (AvgIpc) is 2.68. The van der Waals surface area contributed by atoms with Gasteiger partial charge >= 0.3 is 0 Å². The van der Waals surface area contributed by atoms with E-state index in [1.807, 2.05) is 38.1 Å². The third-order valence-corrected chi connectivity index (χ3v) is 3.02. The molecule has 1 atom stereocenters. The van der Waals surface area contributed by atoms with E-state index in [9.17, 15) is 4.79 Å². The molecule has 1 aromatic rings. The van der Waals surface area contributed by atoms with Gasteiger partial charge in [0.1, 0.15) is 11.3 Å². The van der Waals surface area contributed by atoms with Gasteiger partial charge in [0.25, 0.3) is 5.91 Å². The van der Waals surface area contributed by atoms with Crippen molar-refractivity contribution in [1.82, 2.24) is 10.6 Å². The summed E-state index contributed by atoms with van der Waals surface area (Å²) in [5.74, 6) is 1.19. The molecule has 96 valence electrons. The second kappa shape index (κ2) is 4.68. The lowest BCUT2D eigenvalue weighted by Gasteiger charge is -2.21. The molecule has 1 aliphatic rings. The van der Waals surface area contributed by atoms with Gasteiger partial charge in [-0.2, -0.15) is 0 Å². The van der Waals surface area contributed by atoms with Gasteiger partial charge in [0, 0.05) is 7.05 Å². The molecule has 0 spiro atoms. The van der Waals surface area contributed by atoms with Gasteiger partial charge in [-0.05, 0) is 31.5 Å². The Morgan fingerprint density at radius 3 is 2.50 bits per heavy atom.